The number of carbonyl (C=O) groups excluding carboxylic acids is 1. The second-order valence-corrected chi connectivity index (χ2v) is 7.02. The molecule has 1 fully saturated rings. The van der Waals surface area contributed by atoms with Crippen LogP contribution in [0.2, 0.25) is 0 Å². The van der Waals surface area contributed by atoms with E-state index in [1.54, 1.807) is 16.9 Å². The fourth-order valence-corrected chi connectivity index (χ4v) is 3.84. The number of carbonyl (C=O) groups is 1. The van der Waals surface area contributed by atoms with Crippen LogP contribution in [0.3, 0.4) is 0 Å². The maximum Gasteiger partial charge on any atom is 0.491 e. The van der Waals surface area contributed by atoms with Crippen molar-refractivity contribution in [3.8, 4) is 6.07 Å². The van der Waals surface area contributed by atoms with E-state index < -0.39 is 13.0 Å². The quantitative estimate of drug-likeness (QED) is 0.699. The summed E-state index contributed by atoms with van der Waals surface area (Å²) in [7, 11) is -0.950. The van der Waals surface area contributed by atoms with Crippen LogP contribution in [-0.2, 0) is 11.3 Å². The third-order valence-electron chi connectivity index (χ3n) is 5.30. The minimum absolute atomic E-state index is 0.0624. The predicted octanol–water partition coefficient (Wildman–Crippen LogP) is 1.20. The normalized spacial score (nSPS) is 21.6. The van der Waals surface area contributed by atoms with Gasteiger partial charge in [-0.1, -0.05) is 18.9 Å². The second kappa shape index (κ2) is 7.06. The molecule has 0 saturated heterocycles. The van der Waals surface area contributed by atoms with E-state index >= 15 is 0 Å². The largest absolute Gasteiger partial charge is 0.491 e. The summed E-state index contributed by atoms with van der Waals surface area (Å²) in [4.78, 5) is 11.9. The third-order valence-corrected chi connectivity index (χ3v) is 5.30. The third kappa shape index (κ3) is 3.29. The predicted molar refractivity (Wildman–Crippen MR) is 99.5 cm³/mol. The molecule has 0 radical (unpaired) electrons. The molecule has 138 valence electrons. The molecule has 0 spiro atoms. The SMILES string of the molecule is N#C[C@H]1CCCCC1n1cc(C(N)=O)c(Nc2ccc3c(c2)B(O)OC3)n1. The number of primary amides is 1. The van der Waals surface area contributed by atoms with Crippen LogP contribution < -0.4 is 16.5 Å². The van der Waals surface area contributed by atoms with Crippen LogP contribution in [0.1, 0.15) is 47.6 Å². The van der Waals surface area contributed by atoms with E-state index in [0.29, 0.717) is 23.6 Å². The zero-order chi connectivity index (χ0) is 19.0. The number of hydrogen-bond donors (Lipinski definition) is 3. The molecule has 2 heterocycles. The van der Waals surface area contributed by atoms with E-state index in [1.807, 2.05) is 12.1 Å². The Balaban J connectivity index is 1.65. The maximum absolute atomic E-state index is 11.9. The molecule has 2 aliphatic rings. The molecule has 1 unspecified atom stereocenters. The molecule has 1 saturated carbocycles. The molecule has 2 atom stereocenters. The van der Waals surface area contributed by atoms with Gasteiger partial charge in [0.2, 0.25) is 0 Å². The van der Waals surface area contributed by atoms with E-state index in [2.05, 4.69) is 16.5 Å². The highest BCUT2D eigenvalue weighted by atomic mass is 16.5. The molecule has 8 nitrogen and oxygen atoms in total. The van der Waals surface area contributed by atoms with Gasteiger partial charge < -0.3 is 20.7 Å². The molecule has 27 heavy (non-hydrogen) atoms. The van der Waals surface area contributed by atoms with Gasteiger partial charge in [-0.05, 0) is 36.0 Å². The van der Waals surface area contributed by atoms with Crippen molar-refractivity contribution in [1.29, 1.82) is 5.26 Å². The van der Waals surface area contributed by atoms with Crippen LogP contribution in [0.15, 0.2) is 24.4 Å². The summed E-state index contributed by atoms with van der Waals surface area (Å²) in [6.07, 6.45) is 5.36. The lowest BCUT2D eigenvalue weighted by atomic mass is 9.79. The van der Waals surface area contributed by atoms with Gasteiger partial charge in [-0.3, -0.25) is 9.48 Å². The molecular formula is C18H20BN5O3. The Hall–Kier alpha value is -2.83. The minimum Gasteiger partial charge on any atom is -0.423 e. The molecule has 9 heteroatoms. The van der Waals surface area contributed by atoms with Gasteiger partial charge in [-0.25, -0.2) is 0 Å². The number of nitrogens with one attached hydrogen (secondary N) is 1. The Morgan fingerprint density at radius 2 is 2.26 bits per heavy atom. The highest BCUT2D eigenvalue weighted by molar-refractivity contribution is 6.61. The molecule has 1 aliphatic heterocycles. The van der Waals surface area contributed by atoms with Crippen LogP contribution in [0, 0.1) is 17.2 Å². The number of amides is 1. The van der Waals surface area contributed by atoms with Crippen molar-refractivity contribution in [1.82, 2.24) is 9.78 Å². The van der Waals surface area contributed by atoms with Crippen LogP contribution in [0.25, 0.3) is 0 Å². The molecule has 4 N–H and O–H groups in total. The van der Waals surface area contributed by atoms with Crippen molar-refractivity contribution < 1.29 is 14.5 Å². The van der Waals surface area contributed by atoms with Crippen molar-refractivity contribution >= 4 is 30.0 Å². The maximum atomic E-state index is 11.9. The lowest BCUT2D eigenvalue weighted by molar-refractivity contribution is 0.100. The number of nitriles is 1. The molecule has 0 bridgehead atoms. The Kier molecular flexibility index (Phi) is 4.60. The van der Waals surface area contributed by atoms with E-state index in [4.69, 9.17) is 10.4 Å². The standard InChI is InChI=1S/C18H20BN5O3/c20-8-11-3-1-2-4-16(11)24-9-14(17(21)25)18(23-24)22-13-6-5-12-10-27-19(26)15(12)7-13/h5-7,9,11,16,26H,1-4,10H2,(H2,21,25)(H,22,23)/t11-,16?/m1/s1. The first-order valence-corrected chi connectivity index (χ1v) is 9.05. The summed E-state index contributed by atoms with van der Waals surface area (Å²) in [5.74, 6) is -0.366. The molecule has 4 rings (SSSR count). The fraction of sp³-hybridized carbons (Fsp3) is 0.389. The molecule has 2 aromatic rings. The average molecular weight is 365 g/mol. The van der Waals surface area contributed by atoms with Crippen LogP contribution >= 0.6 is 0 Å². The first kappa shape index (κ1) is 17.6. The van der Waals surface area contributed by atoms with Gasteiger partial charge in [0, 0.05) is 11.9 Å². The first-order chi connectivity index (χ1) is 13.1. The number of aromatic nitrogens is 2. The summed E-state index contributed by atoms with van der Waals surface area (Å²) >= 11 is 0. The number of nitrogens with zero attached hydrogens (tertiary/aromatic N) is 3. The van der Waals surface area contributed by atoms with Crippen LogP contribution in [-0.4, -0.2) is 27.8 Å². The highest BCUT2D eigenvalue weighted by Gasteiger charge is 2.30. The van der Waals surface area contributed by atoms with Gasteiger partial charge in [-0.2, -0.15) is 10.4 Å². The fourth-order valence-electron chi connectivity index (χ4n) is 3.84. The van der Waals surface area contributed by atoms with Gasteiger partial charge in [-0.15, -0.1) is 0 Å². The van der Waals surface area contributed by atoms with Gasteiger partial charge in [0.05, 0.1) is 24.6 Å². The topological polar surface area (TPSA) is 126 Å². The number of fused-ring (bicyclic) bond motifs is 1. The summed E-state index contributed by atoms with van der Waals surface area (Å²) in [5.41, 5.74) is 8.09. The first-order valence-electron chi connectivity index (χ1n) is 9.05. The Morgan fingerprint density at radius 1 is 1.44 bits per heavy atom. The lowest BCUT2D eigenvalue weighted by Crippen LogP contribution is -2.28. The molecular weight excluding hydrogens is 345 g/mol. The Labute approximate surface area is 157 Å². The summed E-state index contributed by atoms with van der Waals surface area (Å²) in [6.45, 7) is 0.370. The summed E-state index contributed by atoms with van der Waals surface area (Å²) in [6, 6.07) is 7.76. The number of hydrogen-bond acceptors (Lipinski definition) is 6. The number of benzene rings is 1. The van der Waals surface area contributed by atoms with Gasteiger partial charge >= 0.3 is 7.12 Å². The van der Waals surface area contributed by atoms with Gasteiger partial charge in [0.15, 0.2) is 5.82 Å². The van der Waals surface area contributed by atoms with Crippen molar-refractivity contribution in [2.45, 2.75) is 38.3 Å². The van der Waals surface area contributed by atoms with Crippen LogP contribution in [0.5, 0.6) is 0 Å². The Bertz CT molecular complexity index is 922. The van der Waals surface area contributed by atoms with E-state index in [9.17, 15) is 15.1 Å². The van der Waals surface area contributed by atoms with Gasteiger partial charge in [0.1, 0.15) is 5.56 Å². The van der Waals surface area contributed by atoms with Crippen molar-refractivity contribution in [3.05, 3.63) is 35.5 Å². The highest BCUT2D eigenvalue weighted by Crippen LogP contribution is 2.34. The zero-order valence-electron chi connectivity index (χ0n) is 14.8. The van der Waals surface area contributed by atoms with Crippen molar-refractivity contribution in [2.24, 2.45) is 11.7 Å². The summed E-state index contributed by atoms with van der Waals surface area (Å²) < 4.78 is 6.90. The van der Waals surface area contributed by atoms with Gasteiger partial charge in [0.25, 0.3) is 5.91 Å². The van der Waals surface area contributed by atoms with E-state index in [0.717, 1.165) is 31.2 Å². The molecule has 1 aromatic heterocycles. The van der Waals surface area contributed by atoms with E-state index in [-0.39, 0.29) is 17.5 Å². The van der Waals surface area contributed by atoms with E-state index in [1.165, 1.54) is 0 Å². The second-order valence-electron chi connectivity index (χ2n) is 7.02. The van der Waals surface area contributed by atoms with Crippen LogP contribution in [0.4, 0.5) is 11.5 Å². The zero-order valence-corrected chi connectivity index (χ0v) is 14.8. The lowest BCUT2D eigenvalue weighted by Gasteiger charge is -2.26. The van der Waals surface area contributed by atoms with Crippen molar-refractivity contribution in [3.63, 3.8) is 0 Å². The molecule has 1 amide bonds. The summed E-state index contributed by atoms with van der Waals surface area (Å²) in [5, 5.41) is 26.9. The number of nitrogens with two attached hydrogens (primary N) is 1. The molecule has 1 aromatic carbocycles. The number of anilines is 2. The average Bonchev–Trinajstić information content (AvgIpc) is 3.26. The molecule has 1 aliphatic carbocycles. The minimum atomic E-state index is -0.950. The monoisotopic (exact) mass is 365 g/mol. The number of rotatable bonds is 4. The Morgan fingerprint density at radius 3 is 3.04 bits per heavy atom. The van der Waals surface area contributed by atoms with Crippen molar-refractivity contribution in [2.75, 3.05) is 5.32 Å². The smallest absolute Gasteiger partial charge is 0.423 e.